The van der Waals surface area contributed by atoms with Gasteiger partial charge >= 0.3 is 15.6 Å². The summed E-state index contributed by atoms with van der Waals surface area (Å²) in [5, 5.41) is 20.2. The van der Waals surface area contributed by atoms with Crippen LogP contribution in [0.3, 0.4) is 0 Å². The quantitative estimate of drug-likeness (QED) is 0.273. The van der Waals surface area contributed by atoms with E-state index in [9.17, 15) is 29.0 Å². The molecule has 1 aliphatic rings. The summed E-state index contributed by atoms with van der Waals surface area (Å²) in [7, 11) is -10.5. The molecule has 1 unspecified atom stereocenters. The lowest BCUT2D eigenvalue weighted by Gasteiger charge is -2.17. The predicted molar refractivity (Wildman–Crippen MR) is 83.0 cm³/mol. The monoisotopic (exact) mass is 428 g/mol. The van der Waals surface area contributed by atoms with Crippen molar-refractivity contribution in [3.8, 4) is 0 Å². The first-order valence-electron chi connectivity index (χ1n) is 7.14. The Hall–Kier alpha value is -1.51. The zero-order chi connectivity index (χ0) is 20.0. The Balaban J connectivity index is 1.76. The van der Waals surface area contributed by atoms with Crippen molar-refractivity contribution in [1.29, 1.82) is 0 Å². The number of fused-ring (bicyclic) bond motifs is 1. The van der Waals surface area contributed by atoms with Gasteiger partial charge in [0, 0.05) is 0 Å². The number of hydrogen-bond acceptors (Lipinski definition) is 10. The molecule has 1 fully saturated rings. The summed E-state index contributed by atoms with van der Waals surface area (Å²) in [5.74, 6) is 0. The van der Waals surface area contributed by atoms with E-state index in [1.165, 1.54) is 4.57 Å². The number of aliphatic hydroxyl groups is 2. The Labute approximate surface area is 149 Å². The minimum Gasteiger partial charge on any atom is -0.387 e. The number of nitrogens with one attached hydrogen (secondary N) is 1. The number of H-pyrrole nitrogens is 1. The van der Waals surface area contributed by atoms with Crippen LogP contribution in [0, 0.1) is 0 Å². The Morgan fingerprint density at radius 3 is 2.59 bits per heavy atom. The highest BCUT2D eigenvalue weighted by atomic mass is 31.3. The van der Waals surface area contributed by atoms with E-state index in [1.54, 1.807) is 0 Å². The molecule has 0 radical (unpaired) electrons. The fourth-order valence-corrected chi connectivity index (χ4v) is 4.07. The number of nitrogens with zero attached hydrogens (tertiary/aromatic N) is 3. The van der Waals surface area contributed by atoms with Crippen LogP contribution in [0.25, 0.3) is 11.2 Å². The zero-order valence-electron chi connectivity index (χ0n) is 13.1. The van der Waals surface area contributed by atoms with Crippen LogP contribution in [0.2, 0.25) is 0 Å². The van der Waals surface area contributed by atoms with Crippen molar-refractivity contribution in [2.75, 3.05) is 6.61 Å². The summed E-state index contributed by atoms with van der Waals surface area (Å²) >= 11 is 0. The van der Waals surface area contributed by atoms with Crippen molar-refractivity contribution >= 4 is 26.8 Å². The number of ether oxygens (including phenoxy) is 1. The summed E-state index contributed by atoms with van der Waals surface area (Å²) in [6.07, 6.45) is -3.56. The molecule has 3 rings (SSSR count). The van der Waals surface area contributed by atoms with Crippen molar-refractivity contribution in [2.24, 2.45) is 0 Å². The SMILES string of the molecule is O=c1[nH]cnc2c1ncn2[C@@H]1O[C@H](COP(=O)(O)OP(=O)(O)O)[C@@H](O)[C@@H]1O. The Kier molecular flexibility index (Phi) is 5.35. The van der Waals surface area contributed by atoms with Gasteiger partial charge in [-0.15, -0.1) is 0 Å². The zero-order valence-corrected chi connectivity index (χ0v) is 14.9. The Morgan fingerprint density at radius 2 is 1.93 bits per heavy atom. The van der Waals surface area contributed by atoms with Gasteiger partial charge in [0.25, 0.3) is 5.56 Å². The molecule has 2 aromatic heterocycles. The smallest absolute Gasteiger partial charge is 0.387 e. The summed E-state index contributed by atoms with van der Waals surface area (Å²) < 4.78 is 36.6. The van der Waals surface area contributed by atoms with E-state index in [4.69, 9.17) is 14.5 Å². The van der Waals surface area contributed by atoms with Crippen LogP contribution >= 0.6 is 15.6 Å². The topological polar surface area (TPSA) is 227 Å². The van der Waals surface area contributed by atoms with Crippen molar-refractivity contribution < 1.29 is 47.6 Å². The summed E-state index contributed by atoms with van der Waals surface area (Å²) in [6, 6.07) is 0. The van der Waals surface area contributed by atoms with E-state index in [-0.39, 0.29) is 11.2 Å². The lowest BCUT2D eigenvalue weighted by molar-refractivity contribution is -0.0503. The van der Waals surface area contributed by atoms with Gasteiger partial charge in [0.1, 0.15) is 18.3 Å². The molecule has 3 heterocycles. The van der Waals surface area contributed by atoms with Gasteiger partial charge in [-0.25, -0.2) is 19.1 Å². The van der Waals surface area contributed by atoms with E-state index < -0.39 is 52.4 Å². The molecule has 0 saturated carbocycles. The number of aliphatic hydroxyl groups excluding tert-OH is 2. The number of phosphoric ester groups is 1. The third kappa shape index (κ3) is 4.33. The molecule has 2 aromatic rings. The van der Waals surface area contributed by atoms with Crippen molar-refractivity contribution in [2.45, 2.75) is 24.5 Å². The van der Waals surface area contributed by atoms with Crippen LogP contribution in [0.4, 0.5) is 0 Å². The third-order valence-corrected chi connectivity index (χ3v) is 5.74. The average molecular weight is 428 g/mol. The molecular weight excluding hydrogens is 414 g/mol. The standard InChI is InChI=1S/C10H14N4O11P2/c15-6-4(1-23-27(21,22)25-26(18,19)20)24-10(7(6)16)14-3-13-5-8(14)11-2-12-9(5)17/h2-4,6-7,10,15-16H,1H2,(H,21,22)(H,11,12,17)(H2,18,19,20)/t4-,6-,7+,10-/m1/s1. The largest absolute Gasteiger partial charge is 0.481 e. The van der Waals surface area contributed by atoms with Gasteiger partial charge in [-0.05, 0) is 0 Å². The first kappa shape index (κ1) is 20.2. The van der Waals surface area contributed by atoms with Crippen LogP contribution in [0.1, 0.15) is 6.23 Å². The fraction of sp³-hybridized carbons (Fsp3) is 0.500. The van der Waals surface area contributed by atoms with Crippen molar-refractivity contribution in [3.05, 3.63) is 23.0 Å². The van der Waals surface area contributed by atoms with Gasteiger partial charge in [-0.2, -0.15) is 4.31 Å². The normalized spacial score (nSPS) is 28.5. The van der Waals surface area contributed by atoms with E-state index in [0.29, 0.717) is 0 Å². The second kappa shape index (κ2) is 7.14. The minimum atomic E-state index is -5.30. The summed E-state index contributed by atoms with van der Waals surface area (Å²) in [5.41, 5.74) is -0.533. The Morgan fingerprint density at radius 1 is 1.22 bits per heavy atom. The van der Waals surface area contributed by atoms with Crippen LogP contribution in [0.5, 0.6) is 0 Å². The molecule has 0 spiro atoms. The second-order valence-corrected chi connectivity index (χ2v) is 8.27. The molecule has 0 bridgehead atoms. The maximum Gasteiger partial charge on any atom is 0.481 e. The van der Waals surface area contributed by atoms with Crippen LogP contribution in [-0.4, -0.2) is 69.3 Å². The number of aromatic amines is 1. The molecule has 27 heavy (non-hydrogen) atoms. The number of rotatable bonds is 6. The van der Waals surface area contributed by atoms with Gasteiger partial charge in [0.2, 0.25) is 0 Å². The number of hydrogen-bond donors (Lipinski definition) is 6. The highest BCUT2D eigenvalue weighted by Gasteiger charge is 2.46. The second-order valence-electron chi connectivity index (χ2n) is 5.44. The van der Waals surface area contributed by atoms with Gasteiger partial charge in [0.05, 0.1) is 19.3 Å². The highest BCUT2D eigenvalue weighted by molar-refractivity contribution is 7.60. The summed E-state index contributed by atoms with van der Waals surface area (Å²) in [6.45, 7) is -0.844. The first-order chi connectivity index (χ1) is 12.5. The van der Waals surface area contributed by atoms with Gasteiger partial charge in [-0.1, -0.05) is 0 Å². The molecule has 1 saturated heterocycles. The molecule has 0 amide bonds. The number of aromatic nitrogens is 4. The highest BCUT2D eigenvalue weighted by Crippen LogP contribution is 2.57. The molecule has 17 heteroatoms. The van der Waals surface area contributed by atoms with E-state index in [0.717, 1.165) is 12.7 Å². The first-order valence-corrected chi connectivity index (χ1v) is 10.2. The van der Waals surface area contributed by atoms with Crippen molar-refractivity contribution in [1.82, 2.24) is 19.5 Å². The third-order valence-electron chi connectivity index (χ3n) is 3.59. The molecule has 0 aromatic carbocycles. The van der Waals surface area contributed by atoms with Gasteiger partial charge in [-0.3, -0.25) is 13.9 Å². The predicted octanol–water partition coefficient (Wildman–Crippen LogP) is -2.03. The molecule has 6 N–H and O–H groups in total. The molecule has 5 atom stereocenters. The lowest BCUT2D eigenvalue weighted by Crippen LogP contribution is -2.33. The van der Waals surface area contributed by atoms with E-state index in [1.807, 2.05) is 0 Å². The average Bonchev–Trinajstić information content (AvgIpc) is 3.07. The number of imidazole rings is 1. The maximum absolute atomic E-state index is 11.7. The molecular formula is C10H14N4O11P2. The van der Waals surface area contributed by atoms with E-state index in [2.05, 4.69) is 23.8 Å². The summed E-state index contributed by atoms with van der Waals surface area (Å²) in [4.78, 5) is 48.0. The molecule has 0 aliphatic carbocycles. The van der Waals surface area contributed by atoms with Crippen molar-refractivity contribution in [3.63, 3.8) is 0 Å². The van der Waals surface area contributed by atoms with Gasteiger partial charge in [0.15, 0.2) is 17.4 Å². The molecule has 1 aliphatic heterocycles. The van der Waals surface area contributed by atoms with E-state index >= 15 is 0 Å². The van der Waals surface area contributed by atoms with Crippen LogP contribution < -0.4 is 5.56 Å². The van der Waals surface area contributed by atoms with Gasteiger partial charge < -0.3 is 34.6 Å². The fourth-order valence-electron chi connectivity index (χ4n) is 2.47. The molecule has 15 nitrogen and oxygen atoms in total. The van der Waals surface area contributed by atoms with Crippen LogP contribution in [0.15, 0.2) is 17.4 Å². The number of phosphoric acid groups is 2. The lowest BCUT2D eigenvalue weighted by atomic mass is 10.1. The maximum atomic E-state index is 11.7. The molecule has 150 valence electrons. The van der Waals surface area contributed by atoms with Crippen LogP contribution in [-0.2, 0) is 22.7 Å². The minimum absolute atomic E-state index is 0.0441. The Bertz CT molecular complexity index is 985.